The Balaban J connectivity index is 1.88. The Morgan fingerprint density at radius 2 is 1.73 bits per heavy atom. The molecule has 2 rings (SSSR count). The van der Waals surface area contributed by atoms with Crippen LogP contribution in [-0.4, -0.2) is 12.5 Å². The maximum atomic E-state index is 12.3. The molecular formula is C19H22ClNO. The van der Waals surface area contributed by atoms with Crippen LogP contribution in [0.15, 0.2) is 36.4 Å². The van der Waals surface area contributed by atoms with E-state index >= 15 is 0 Å². The summed E-state index contributed by atoms with van der Waals surface area (Å²) in [6.45, 7) is 6.72. The van der Waals surface area contributed by atoms with Gasteiger partial charge in [0.1, 0.15) is 0 Å². The highest BCUT2D eigenvalue weighted by Gasteiger charge is 2.10. The van der Waals surface area contributed by atoms with Gasteiger partial charge in [-0.25, -0.2) is 0 Å². The molecule has 2 aromatic carbocycles. The second-order valence-electron chi connectivity index (χ2n) is 5.70. The lowest BCUT2D eigenvalue weighted by Crippen LogP contribution is -2.25. The van der Waals surface area contributed by atoms with Gasteiger partial charge in [0.2, 0.25) is 0 Å². The van der Waals surface area contributed by atoms with Gasteiger partial charge >= 0.3 is 0 Å². The molecule has 0 aliphatic carbocycles. The van der Waals surface area contributed by atoms with Crippen LogP contribution in [0, 0.1) is 20.8 Å². The summed E-state index contributed by atoms with van der Waals surface area (Å²) >= 11 is 6.13. The summed E-state index contributed by atoms with van der Waals surface area (Å²) in [4.78, 5) is 12.3. The molecule has 0 heterocycles. The molecule has 0 spiro atoms. The van der Waals surface area contributed by atoms with Crippen LogP contribution in [0.1, 0.15) is 39.0 Å². The first kappa shape index (κ1) is 16.6. The highest BCUT2D eigenvalue weighted by Crippen LogP contribution is 2.17. The summed E-state index contributed by atoms with van der Waals surface area (Å²) < 4.78 is 0. The lowest BCUT2D eigenvalue weighted by molar-refractivity contribution is 0.0952. The first-order valence-corrected chi connectivity index (χ1v) is 7.96. The zero-order valence-electron chi connectivity index (χ0n) is 13.4. The second-order valence-corrected chi connectivity index (χ2v) is 6.11. The van der Waals surface area contributed by atoms with Gasteiger partial charge < -0.3 is 5.32 Å². The third kappa shape index (κ3) is 4.11. The van der Waals surface area contributed by atoms with Crippen molar-refractivity contribution >= 4 is 17.5 Å². The fourth-order valence-corrected chi connectivity index (χ4v) is 2.71. The van der Waals surface area contributed by atoms with Gasteiger partial charge in [-0.1, -0.05) is 35.9 Å². The molecule has 0 aliphatic heterocycles. The molecule has 3 heteroatoms. The van der Waals surface area contributed by atoms with Crippen molar-refractivity contribution in [1.29, 1.82) is 0 Å². The minimum absolute atomic E-state index is 0.000224. The van der Waals surface area contributed by atoms with Crippen molar-refractivity contribution < 1.29 is 4.79 Å². The quantitative estimate of drug-likeness (QED) is 0.801. The number of hydrogen-bond acceptors (Lipinski definition) is 1. The molecule has 0 fully saturated rings. The summed E-state index contributed by atoms with van der Waals surface area (Å²) in [6, 6.07) is 11.9. The summed E-state index contributed by atoms with van der Waals surface area (Å²) in [5.74, 6) is -0.000224. The van der Waals surface area contributed by atoms with Crippen LogP contribution in [0.3, 0.4) is 0 Å². The molecule has 0 radical (unpaired) electrons. The smallest absolute Gasteiger partial charge is 0.251 e. The molecule has 0 atom stereocenters. The number of aryl methyl sites for hydroxylation is 4. The van der Waals surface area contributed by atoms with Crippen LogP contribution in [0.4, 0.5) is 0 Å². The van der Waals surface area contributed by atoms with E-state index in [4.69, 9.17) is 11.6 Å². The number of halogens is 1. The molecule has 22 heavy (non-hydrogen) atoms. The van der Waals surface area contributed by atoms with Gasteiger partial charge in [0.15, 0.2) is 0 Å². The summed E-state index contributed by atoms with van der Waals surface area (Å²) in [5, 5.41) is 3.78. The first-order chi connectivity index (χ1) is 10.5. The molecule has 116 valence electrons. The molecule has 0 saturated heterocycles. The molecule has 0 saturated carbocycles. The SMILES string of the molecule is Cc1cc(C)c(C(=O)NCCCc2ccccc2Cl)cc1C. The number of carbonyl (C=O) groups excluding carboxylic acids is 1. The largest absolute Gasteiger partial charge is 0.352 e. The van der Waals surface area contributed by atoms with Gasteiger partial charge in [0.25, 0.3) is 5.91 Å². The zero-order chi connectivity index (χ0) is 16.1. The topological polar surface area (TPSA) is 29.1 Å². The predicted molar refractivity (Wildman–Crippen MR) is 92.8 cm³/mol. The Morgan fingerprint density at radius 1 is 1.05 bits per heavy atom. The van der Waals surface area contributed by atoms with E-state index in [2.05, 4.69) is 18.3 Å². The zero-order valence-corrected chi connectivity index (χ0v) is 14.1. The molecule has 0 aromatic heterocycles. The van der Waals surface area contributed by atoms with E-state index in [1.54, 1.807) is 0 Å². The van der Waals surface area contributed by atoms with Crippen molar-refractivity contribution in [2.45, 2.75) is 33.6 Å². The predicted octanol–water partition coefficient (Wildman–Crippen LogP) is 4.63. The van der Waals surface area contributed by atoms with Gasteiger partial charge in [0, 0.05) is 17.1 Å². The monoisotopic (exact) mass is 315 g/mol. The van der Waals surface area contributed by atoms with Crippen molar-refractivity contribution in [1.82, 2.24) is 5.32 Å². The van der Waals surface area contributed by atoms with Crippen molar-refractivity contribution in [3.05, 3.63) is 69.2 Å². The average Bonchev–Trinajstić information content (AvgIpc) is 2.49. The minimum Gasteiger partial charge on any atom is -0.352 e. The van der Waals surface area contributed by atoms with E-state index in [-0.39, 0.29) is 5.91 Å². The highest BCUT2D eigenvalue weighted by molar-refractivity contribution is 6.31. The van der Waals surface area contributed by atoms with Gasteiger partial charge in [0.05, 0.1) is 0 Å². The van der Waals surface area contributed by atoms with E-state index in [0.717, 1.165) is 40.1 Å². The van der Waals surface area contributed by atoms with E-state index < -0.39 is 0 Å². The maximum absolute atomic E-state index is 12.3. The van der Waals surface area contributed by atoms with Crippen LogP contribution in [0.5, 0.6) is 0 Å². The van der Waals surface area contributed by atoms with E-state index in [1.807, 2.05) is 44.2 Å². The normalized spacial score (nSPS) is 10.5. The van der Waals surface area contributed by atoms with Crippen molar-refractivity contribution in [2.75, 3.05) is 6.54 Å². The number of nitrogens with one attached hydrogen (secondary N) is 1. The van der Waals surface area contributed by atoms with Crippen LogP contribution < -0.4 is 5.32 Å². The average molecular weight is 316 g/mol. The molecular weight excluding hydrogens is 294 g/mol. The molecule has 0 unspecified atom stereocenters. The number of benzene rings is 2. The number of carbonyl (C=O) groups is 1. The standard InChI is InChI=1S/C19H22ClNO/c1-13-11-15(3)17(12-14(13)2)19(22)21-10-6-8-16-7-4-5-9-18(16)20/h4-5,7,9,11-12H,6,8,10H2,1-3H3,(H,21,22). The Labute approximate surface area is 137 Å². The number of hydrogen-bond donors (Lipinski definition) is 1. The molecule has 1 N–H and O–H groups in total. The van der Waals surface area contributed by atoms with Gasteiger partial charge in [-0.2, -0.15) is 0 Å². The first-order valence-electron chi connectivity index (χ1n) is 7.58. The minimum atomic E-state index is -0.000224. The maximum Gasteiger partial charge on any atom is 0.251 e. The van der Waals surface area contributed by atoms with Gasteiger partial charge in [-0.3, -0.25) is 4.79 Å². The Bertz CT molecular complexity index is 679. The third-order valence-electron chi connectivity index (χ3n) is 3.95. The van der Waals surface area contributed by atoms with Gasteiger partial charge in [-0.15, -0.1) is 0 Å². The summed E-state index contributed by atoms with van der Waals surface area (Å²) in [5.41, 5.74) is 5.27. The summed E-state index contributed by atoms with van der Waals surface area (Å²) in [7, 11) is 0. The van der Waals surface area contributed by atoms with Crippen LogP contribution >= 0.6 is 11.6 Å². The summed E-state index contributed by atoms with van der Waals surface area (Å²) in [6.07, 6.45) is 1.74. The van der Waals surface area contributed by atoms with Gasteiger partial charge in [-0.05, 0) is 68.0 Å². The molecule has 0 aliphatic rings. The van der Waals surface area contributed by atoms with Crippen molar-refractivity contribution in [2.24, 2.45) is 0 Å². The Hall–Kier alpha value is -1.80. The van der Waals surface area contributed by atoms with Crippen LogP contribution in [0.2, 0.25) is 5.02 Å². The number of amides is 1. The van der Waals surface area contributed by atoms with E-state index in [0.29, 0.717) is 6.54 Å². The molecule has 1 amide bonds. The highest BCUT2D eigenvalue weighted by atomic mass is 35.5. The van der Waals surface area contributed by atoms with Crippen LogP contribution in [0.25, 0.3) is 0 Å². The van der Waals surface area contributed by atoms with Crippen molar-refractivity contribution in [3.8, 4) is 0 Å². The van der Waals surface area contributed by atoms with E-state index in [1.165, 1.54) is 5.56 Å². The number of rotatable bonds is 5. The third-order valence-corrected chi connectivity index (χ3v) is 4.32. The molecule has 2 nitrogen and oxygen atoms in total. The van der Waals surface area contributed by atoms with Crippen molar-refractivity contribution in [3.63, 3.8) is 0 Å². The lowest BCUT2D eigenvalue weighted by atomic mass is 10.0. The lowest BCUT2D eigenvalue weighted by Gasteiger charge is -2.11. The fraction of sp³-hybridized carbons (Fsp3) is 0.316. The fourth-order valence-electron chi connectivity index (χ4n) is 2.48. The second kappa shape index (κ2) is 7.46. The molecule has 0 bridgehead atoms. The van der Waals surface area contributed by atoms with Crippen LogP contribution in [-0.2, 0) is 6.42 Å². The Kier molecular flexibility index (Phi) is 5.62. The Morgan fingerprint density at radius 3 is 2.45 bits per heavy atom. The van der Waals surface area contributed by atoms with E-state index in [9.17, 15) is 4.79 Å². The molecule has 2 aromatic rings.